The quantitative estimate of drug-likeness (QED) is 0.106. The lowest BCUT2D eigenvalue weighted by Gasteiger charge is -2.43. The highest BCUT2D eigenvalue weighted by Gasteiger charge is 2.88. The Morgan fingerprint density at radius 3 is 2.39 bits per heavy atom. The van der Waals surface area contributed by atoms with Crippen LogP contribution in [0.1, 0.15) is 145 Å². The summed E-state index contributed by atoms with van der Waals surface area (Å²) in [7, 11) is 2.08. The number of Topliss-reactive ketones (excluding diaryl/α,β-unsaturated/α-hetero) is 1. The van der Waals surface area contributed by atoms with Crippen LogP contribution in [0.25, 0.3) is 0 Å². The van der Waals surface area contributed by atoms with E-state index in [-0.39, 0.29) is 69.6 Å². The fourth-order valence-corrected chi connectivity index (χ4v) is 14.5. The number of fused-ring (bicyclic) bond motifs is 5. The second kappa shape index (κ2) is 16.7. The van der Waals surface area contributed by atoms with E-state index in [9.17, 15) is 19.2 Å². The van der Waals surface area contributed by atoms with Crippen LogP contribution in [-0.4, -0.2) is 112 Å². The zero-order valence-electron chi connectivity index (χ0n) is 37.6. The number of nitrogens with one attached hydrogen (secondary N) is 3. The van der Waals surface area contributed by atoms with E-state index in [2.05, 4.69) is 66.5 Å². The number of hydrogen-bond acceptors (Lipinski definition) is 8. The van der Waals surface area contributed by atoms with Crippen LogP contribution in [0, 0.1) is 39.4 Å². The van der Waals surface area contributed by atoms with Gasteiger partial charge in [-0.05, 0) is 126 Å². The summed E-state index contributed by atoms with van der Waals surface area (Å²) in [5, 5.41) is 9.84. The highest BCUT2D eigenvalue weighted by molar-refractivity contribution is 7.96. The first-order valence-electron chi connectivity index (χ1n) is 23.4. The van der Waals surface area contributed by atoms with Gasteiger partial charge in [0, 0.05) is 42.6 Å². The molecule has 0 aromatic carbocycles. The molecule has 330 valence electrons. The van der Waals surface area contributed by atoms with Crippen molar-refractivity contribution in [1.29, 1.82) is 0 Å². The zero-order chi connectivity index (χ0) is 42.7. The molecule has 0 aromatic heterocycles. The van der Waals surface area contributed by atoms with Crippen LogP contribution in [0.5, 0.6) is 0 Å². The Morgan fingerprint density at radius 1 is 1.02 bits per heavy atom. The van der Waals surface area contributed by atoms with E-state index < -0.39 is 29.1 Å². The van der Waals surface area contributed by atoms with Gasteiger partial charge in [-0.1, -0.05) is 71.9 Å². The number of amides is 4. The van der Waals surface area contributed by atoms with Crippen LogP contribution >= 0.6 is 11.9 Å². The van der Waals surface area contributed by atoms with Gasteiger partial charge in [0.2, 0.25) is 23.6 Å². The molecule has 3 saturated heterocycles. The molecule has 0 radical (unpaired) electrons. The molecule has 59 heavy (non-hydrogen) atoms. The normalized spacial score (nSPS) is 37.8. The van der Waals surface area contributed by atoms with Crippen molar-refractivity contribution in [2.75, 3.05) is 32.4 Å². The number of nitrogens with zero attached hydrogens (tertiary/aromatic N) is 3. The minimum Gasteiger partial charge on any atom is -0.343 e. The van der Waals surface area contributed by atoms with E-state index in [4.69, 9.17) is 0 Å². The summed E-state index contributed by atoms with van der Waals surface area (Å²) in [6.45, 7) is 21.1. The van der Waals surface area contributed by atoms with Crippen LogP contribution in [0.3, 0.4) is 0 Å². The highest BCUT2D eigenvalue weighted by atomic mass is 32.2. The van der Waals surface area contributed by atoms with Gasteiger partial charge in [-0.2, -0.15) is 0 Å². The minimum absolute atomic E-state index is 0.0286. The fourth-order valence-electron chi connectivity index (χ4n) is 13.6. The van der Waals surface area contributed by atoms with Gasteiger partial charge in [0.25, 0.3) is 0 Å². The van der Waals surface area contributed by atoms with E-state index in [1.807, 2.05) is 25.7 Å². The van der Waals surface area contributed by atoms with Crippen molar-refractivity contribution in [2.45, 2.75) is 181 Å². The molecule has 4 amide bonds. The number of hydrogen-bond donors (Lipinski definition) is 3. The number of carbonyl (C=O) groups excluding carboxylic acids is 5. The summed E-state index contributed by atoms with van der Waals surface area (Å²) < 4.78 is 2.21. The summed E-state index contributed by atoms with van der Waals surface area (Å²) in [6, 6.07) is -2.47. The average molecular weight is 837 g/mol. The fraction of sp³-hybridized carbons (Fsp3) is 0.851. The molecular formula is C47H76N6O5S. The summed E-state index contributed by atoms with van der Waals surface area (Å²) in [5.41, 5.74) is -1.98. The lowest BCUT2D eigenvalue weighted by atomic mass is 9.65. The first-order valence-corrected chi connectivity index (χ1v) is 24.3. The molecule has 0 aromatic rings. The van der Waals surface area contributed by atoms with Gasteiger partial charge in [-0.15, -0.1) is 6.58 Å². The van der Waals surface area contributed by atoms with Crippen LogP contribution < -0.4 is 16.0 Å². The first kappa shape index (κ1) is 44.6. The highest BCUT2D eigenvalue weighted by Crippen LogP contribution is 2.91. The maximum Gasteiger partial charge on any atom is 0.246 e. The Hall–Kier alpha value is -2.44. The summed E-state index contributed by atoms with van der Waals surface area (Å²) in [6.07, 6.45) is 14.9. The minimum atomic E-state index is -0.990. The predicted octanol–water partition coefficient (Wildman–Crippen LogP) is 6.26. The molecule has 4 bridgehead atoms. The van der Waals surface area contributed by atoms with Crippen LogP contribution in [0.15, 0.2) is 12.7 Å². The van der Waals surface area contributed by atoms with Gasteiger partial charge in [-0.3, -0.25) is 33.2 Å². The van der Waals surface area contributed by atoms with Crippen molar-refractivity contribution in [2.24, 2.45) is 39.4 Å². The molecule has 4 aliphatic carbocycles. The SMILES string of the molecule is C=CC1CC1(NC(=O)C1CC23CN1C(=O)C(C(C)(C)C)NC(=O)C(NC(=O)C1CCCCN1C(C)C)C1CCCC(C1)C2(C)C31CCC1)C(=O)CCCSN(C)CCC. The standard InChI is InChI=1S/C47H76N6O5S/c1-10-23-51(9)59-25-15-20-36(54)47(27-32(47)11-2)50-40(56)35-28-46-29-53(35)42(58)38(43(5,6)7)49-41(57)37(48-39(55)34-19-12-13-24-52(34)30(3)4)31-17-14-18-33(26-31)44(46,8)45(46)21-16-22-45/h11,30-35,37-38H,2,10,12-29H2,1,3-9H3,(H,48,55)(H,49,57)(H,50,56). The molecule has 7 aliphatic rings. The maximum absolute atomic E-state index is 15.3. The van der Waals surface area contributed by atoms with Crippen LogP contribution in [0.2, 0.25) is 0 Å². The van der Waals surface area contributed by atoms with Crippen molar-refractivity contribution < 1.29 is 24.0 Å². The average Bonchev–Trinajstić information content (AvgIpc) is 3.93. The predicted molar refractivity (Wildman–Crippen MR) is 234 cm³/mol. The van der Waals surface area contributed by atoms with E-state index in [0.717, 1.165) is 95.9 Å². The van der Waals surface area contributed by atoms with Gasteiger partial charge >= 0.3 is 0 Å². The smallest absolute Gasteiger partial charge is 0.246 e. The number of likely N-dealkylation sites (tertiary alicyclic amines) is 1. The Labute approximate surface area is 359 Å². The number of piperidine rings is 1. The second-order valence-electron chi connectivity index (χ2n) is 21.4. The van der Waals surface area contributed by atoms with Gasteiger partial charge in [0.1, 0.15) is 23.7 Å². The summed E-state index contributed by atoms with van der Waals surface area (Å²) >= 11 is 1.74. The lowest BCUT2D eigenvalue weighted by Crippen LogP contribution is -2.63. The van der Waals surface area contributed by atoms with Crippen molar-refractivity contribution in [3.63, 3.8) is 0 Å². The molecule has 12 heteroatoms. The Balaban J connectivity index is 1.19. The number of ketones is 1. The van der Waals surface area contributed by atoms with Crippen molar-refractivity contribution in [3.8, 4) is 0 Å². The molecule has 3 heterocycles. The third-order valence-corrected chi connectivity index (χ3v) is 18.1. The molecule has 7 rings (SSSR count). The number of carbonyl (C=O) groups is 5. The van der Waals surface area contributed by atoms with Gasteiger partial charge < -0.3 is 20.9 Å². The molecule has 11 nitrogen and oxygen atoms in total. The Kier molecular flexibility index (Phi) is 12.6. The van der Waals surface area contributed by atoms with Gasteiger partial charge in [0.05, 0.1) is 6.04 Å². The third kappa shape index (κ3) is 7.52. The van der Waals surface area contributed by atoms with Gasteiger partial charge in [-0.25, -0.2) is 0 Å². The van der Waals surface area contributed by atoms with E-state index in [0.29, 0.717) is 31.7 Å². The topological polar surface area (TPSA) is 131 Å². The lowest BCUT2D eigenvalue weighted by molar-refractivity contribution is -0.145. The zero-order valence-corrected chi connectivity index (χ0v) is 38.4. The second-order valence-corrected chi connectivity index (χ2v) is 22.7. The molecule has 10 unspecified atom stereocenters. The molecule has 3 N–H and O–H groups in total. The Bertz CT molecular complexity index is 1660. The maximum atomic E-state index is 15.3. The third-order valence-electron chi connectivity index (χ3n) is 17.0. The van der Waals surface area contributed by atoms with Crippen LogP contribution in [0.4, 0.5) is 0 Å². The summed E-state index contributed by atoms with van der Waals surface area (Å²) in [4.78, 5) is 77.5. The van der Waals surface area contributed by atoms with Crippen LogP contribution in [-0.2, 0) is 24.0 Å². The van der Waals surface area contributed by atoms with Crippen molar-refractivity contribution in [1.82, 2.24) is 30.1 Å². The molecule has 4 saturated carbocycles. The summed E-state index contributed by atoms with van der Waals surface area (Å²) in [5.74, 6) is 0.123. The van der Waals surface area contributed by atoms with E-state index in [1.165, 1.54) is 0 Å². The monoisotopic (exact) mass is 837 g/mol. The molecule has 7 fully saturated rings. The number of rotatable bonds is 14. The van der Waals surface area contributed by atoms with Crippen molar-refractivity contribution in [3.05, 3.63) is 12.7 Å². The largest absolute Gasteiger partial charge is 0.343 e. The molecule has 3 aliphatic heterocycles. The molecular weight excluding hydrogens is 761 g/mol. The molecule has 10 atom stereocenters. The van der Waals surface area contributed by atoms with Crippen molar-refractivity contribution >= 4 is 41.4 Å². The molecule has 2 spiro atoms. The van der Waals surface area contributed by atoms with E-state index >= 15 is 4.79 Å². The van der Waals surface area contributed by atoms with Gasteiger partial charge in [0.15, 0.2) is 5.78 Å². The Morgan fingerprint density at radius 2 is 1.76 bits per heavy atom. The van der Waals surface area contributed by atoms with E-state index in [1.54, 1.807) is 18.0 Å². The first-order chi connectivity index (χ1) is 27.9.